The normalized spacial score (nSPS) is 16.8. The summed E-state index contributed by atoms with van der Waals surface area (Å²) in [7, 11) is 0. The fraction of sp³-hybridized carbons (Fsp3) is 0.419. The molecule has 0 saturated carbocycles. The SMILES string of the molecule is Cc1ncc2n1C(=O)N(c1ccc(OCC[C@@H]3CN(C(=O)OCc4ccccc4)CCN3C(=O)OC(C)(C)C)cc1)C2. The van der Waals surface area contributed by atoms with Crippen molar-refractivity contribution in [1.82, 2.24) is 19.4 Å². The smallest absolute Gasteiger partial charge is 0.410 e. The Morgan fingerprint density at radius 3 is 2.43 bits per heavy atom. The molecule has 0 aliphatic carbocycles. The number of hydrogen-bond acceptors (Lipinski definition) is 7. The number of hydrogen-bond donors (Lipinski definition) is 0. The number of imidazole rings is 1. The maximum Gasteiger partial charge on any atom is 0.410 e. The van der Waals surface area contributed by atoms with Gasteiger partial charge in [-0.25, -0.2) is 19.4 Å². The molecule has 42 heavy (non-hydrogen) atoms. The first-order chi connectivity index (χ1) is 20.1. The van der Waals surface area contributed by atoms with Crippen LogP contribution in [0.1, 0.15) is 44.3 Å². The van der Waals surface area contributed by atoms with E-state index in [1.54, 1.807) is 25.5 Å². The van der Waals surface area contributed by atoms with Gasteiger partial charge in [0.05, 0.1) is 31.1 Å². The minimum atomic E-state index is -0.639. The van der Waals surface area contributed by atoms with Gasteiger partial charge >= 0.3 is 18.2 Å². The molecule has 11 nitrogen and oxygen atoms in total. The third-order valence-corrected chi connectivity index (χ3v) is 7.20. The first-order valence-corrected chi connectivity index (χ1v) is 14.1. The number of ether oxygens (including phenoxy) is 3. The van der Waals surface area contributed by atoms with E-state index < -0.39 is 17.8 Å². The van der Waals surface area contributed by atoms with Gasteiger partial charge < -0.3 is 24.0 Å². The Labute approximate surface area is 245 Å². The number of fused-ring (bicyclic) bond motifs is 1. The van der Waals surface area contributed by atoms with Crippen LogP contribution in [0, 0.1) is 6.92 Å². The summed E-state index contributed by atoms with van der Waals surface area (Å²) in [6.07, 6.45) is 1.37. The monoisotopic (exact) mass is 575 g/mol. The molecular formula is C31H37N5O6. The zero-order valence-electron chi connectivity index (χ0n) is 24.5. The fourth-order valence-electron chi connectivity index (χ4n) is 5.09. The van der Waals surface area contributed by atoms with Gasteiger partial charge in [-0.05, 0) is 57.5 Å². The number of aromatic nitrogens is 2. The molecule has 11 heteroatoms. The Morgan fingerprint density at radius 2 is 1.74 bits per heavy atom. The lowest BCUT2D eigenvalue weighted by Crippen LogP contribution is -2.57. The molecule has 3 amide bonds. The molecule has 2 aliphatic rings. The van der Waals surface area contributed by atoms with Crippen molar-refractivity contribution in [2.45, 2.75) is 58.9 Å². The topological polar surface area (TPSA) is 106 Å². The molecule has 1 atom stereocenters. The van der Waals surface area contributed by atoms with Gasteiger partial charge in [-0.1, -0.05) is 30.3 Å². The Hall–Kier alpha value is -4.54. The summed E-state index contributed by atoms with van der Waals surface area (Å²) in [6, 6.07) is 16.4. The van der Waals surface area contributed by atoms with Crippen LogP contribution in [0.15, 0.2) is 60.8 Å². The first kappa shape index (κ1) is 29.0. The molecule has 3 heterocycles. The predicted molar refractivity (Wildman–Crippen MR) is 155 cm³/mol. The van der Waals surface area contributed by atoms with E-state index in [1.807, 2.05) is 82.3 Å². The molecular weight excluding hydrogens is 538 g/mol. The van der Waals surface area contributed by atoms with Crippen LogP contribution in [-0.2, 0) is 22.6 Å². The van der Waals surface area contributed by atoms with E-state index >= 15 is 0 Å². The third kappa shape index (κ3) is 6.67. The average molecular weight is 576 g/mol. The fourth-order valence-corrected chi connectivity index (χ4v) is 5.09. The third-order valence-electron chi connectivity index (χ3n) is 7.20. The molecule has 0 bridgehead atoms. The van der Waals surface area contributed by atoms with Crippen LogP contribution in [-0.4, -0.2) is 75.5 Å². The highest BCUT2D eigenvalue weighted by atomic mass is 16.6. The minimum Gasteiger partial charge on any atom is -0.494 e. The van der Waals surface area contributed by atoms with Crippen molar-refractivity contribution in [3.63, 3.8) is 0 Å². The summed E-state index contributed by atoms with van der Waals surface area (Å²) < 4.78 is 18.8. The van der Waals surface area contributed by atoms with E-state index in [-0.39, 0.29) is 18.7 Å². The van der Waals surface area contributed by atoms with Crippen molar-refractivity contribution in [2.75, 3.05) is 31.1 Å². The molecule has 0 spiro atoms. The van der Waals surface area contributed by atoms with Gasteiger partial charge in [0, 0.05) is 31.7 Å². The molecule has 0 N–H and O–H groups in total. The van der Waals surface area contributed by atoms with E-state index in [4.69, 9.17) is 14.2 Å². The molecule has 5 rings (SSSR count). The second-order valence-corrected chi connectivity index (χ2v) is 11.4. The van der Waals surface area contributed by atoms with Crippen LogP contribution in [0.3, 0.4) is 0 Å². The Morgan fingerprint density at radius 1 is 1.00 bits per heavy atom. The summed E-state index contributed by atoms with van der Waals surface area (Å²) in [5.41, 5.74) is 1.89. The molecule has 2 aliphatic heterocycles. The van der Waals surface area contributed by atoms with Gasteiger partial charge in [-0.3, -0.25) is 9.47 Å². The molecule has 0 radical (unpaired) electrons. The molecule has 0 unspecified atom stereocenters. The van der Waals surface area contributed by atoms with Gasteiger partial charge in [-0.2, -0.15) is 0 Å². The number of carbonyl (C=O) groups is 3. The van der Waals surface area contributed by atoms with Crippen LogP contribution < -0.4 is 9.64 Å². The lowest BCUT2D eigenvalue weighted by Gasteiger charge is -2.41. The summed E-state index contributed by atoms with van der Waals surface area (Å²) >= 11 is 0. The Kier molecular flexibility index (Phi) is 8.37. The first-order valence-electron chi connectivity index (χ1n) is 14.1. The van der Waals surface area contributed by atoms with Gasteiger partial charge in [0.25, 0.3) is 0 Å². The average Bonchev–Trinajstić information content (AvgIpc) is 3.50. The molecule has 1 fully saturated rings. The van der Waals surface area contributed by atoms with Crippen molar-refractivity contribution in [3.8, 4) is 5.75 Å². The largest absolute Gasteiger partial charge is 0.494 e. The van der Waals surface area contributed by atoms with E-state index in [1.165, 1.54) is 0 Å². The summed E-state index contributed by atoms with van der Waals surface area (Å²) in [4.78, 5) is 47.9. The summed E-state index contributed by atoms with van der Waals surface area (Å²) in [5.74, 6) is 1.31. The lowest BCUT2D eigenvalue weighted by atomic mass is 10.1. The van der Waals surface area contributed by atoms with E-state index in [9.17, 15) is 14.4 Å². The highest BCUT2D eigenvalue weighted by Crippen LogP contribution is 2.27. The van der Waals surface area contributed by atoms with Gasteiger partial charge in [0.2, 0.25) is 0 Å². The van der Waals surface area contributed by atoms with Crippen molar-refractivity contribution in [1.29, 1.82) is 0 Å². The van der Waals surface area contributed by atoms with Crippen molar-refractivity contribution in [3.05, 3.63) is 77.9 Å². The zero-order valence-corrected chi connectivity index (χ0v) is 24.5. The summed E-state index contributed by atoms with van der Waals surface area (Å²) in [5, 5.41) is 0. The quantitative estimate of drug-likeness (QED) is 0.381. The predicted octanol–water partition coefficient (Wildman–Crippen LogP) is 5.21. The number of benzene rings is 2. The number of rotatable bonds is 7. The number of amides is 3. The van der Waals surface area contributed by atoms with Crippen molar-refractivity contribution in [2.24, 2.45) is 0 Å². The van der Waals surface area contributed by atoms with Crippen LogP contribution >= 0.6 is 0 Å². The highest BCUT2D eigenvalue weighted by molar-refractivity contribution is 5.96. The lowest BCUT2D eigenvalue weighted by molar-refractivity contribution is -0.00614. The molecule has 1 saturated heterocycles. The van der Waals surface area contributed by atoms with Crippen LogP contribution in [0.5, 0.6) is 5.75 Å². The minimum absolute atomic E-state index is 0.125. The van der Waals surface area contributed by atoms with Crippen LogP contribution in [0.25, 0.3) is 0 Å². The van der Waals surface area contributed by atoms with Crippen molar-refractivity contribution >= 4 is 23.9 Å². The number of nitrogens with zero attached hydrogens (tertiary/aromatic N) is 5. The van der Waals surface area contributed by atoms with Crippen LogP contribution in [0.4, 0.5) is 20.1 Å². The molecule has 222 valence electrons. The zero-order chi connectivity index (χ0) is 29.9. The Bertz CT molecular complexity index is 1420. The number of piperazine rings is 1. The maximum absolute atomic E-state index is 13.0. The standard InChI is InChI=1S/C31H37N5O6/c1-22-32-18-26-20-35(28(37)36(22)26)24-10-12-27(13-11-24)40-17-14-25-19-33(15-16-34(25)30(39)42-31(2,3)4)29(38)41-21-23-8-6-5-7-9-23/h5-13,18,25H,14-17,19-21H2,1-4H3/t25-/m1/s1. The summed E-state index contributed by atoms with van der Waals surface area (Å²) in [6.45, 7) is 9.24. The maximum atomic E-state index is 13.0. The second-order valence-electron chi connectivity index (χ2n) is 11.4. The molecule has 3 aromatic rings. The number of aryl methyl sites for hydroxylation is 1. The van der Waals surface area contributed by atoms with Gasteiger partial charge in [0.1, 0.15) is 23.8 Å². The van der Waals surface area contributed by atoms with E-state index in [2.05, 4.69) is 4.98 Å². The number of carbonyl (C=O) groups excluding carboxylic acids is 3. The molecule has 1 aromatic heterocycles. The van der Waals surface area contributed by atoms with Gasteiger partial charge in [0.15, 0.2) is 0 Å². The number of anilines is 1. The molecule has 2 aromatic carbocycles. The van der Waals surface area contributed by atoms with E-state index in [0.717, 1.165) is 16.9 Å². The van der Waals surface area contributed by atoms with Crippen LogP contribution in [0.2, 0.25) is 0 Å². The second kappa shape index (κ2) is 12.1. The highest BCUT2D eigenvalue weighted by Gasteiger charge is 2.35. The Balaban J connectivity index is 1.18. The van der Waals surface area contributed by atoms with Crippen molar-refractivity contribution < 1.29 is 28.6 Å². The van der Waals surface area contributed by atoms with E-state index in [0.29, 0.717) is 50.8 Å². The van der Waals surface area contributed by atoms with Gasteiger partial charge in [-0.15, -0.1) is 0 Å².